The predicted molar refractivity (Wildman–Crippen MR) is 61.5 cm³/mol. The quantitative estimate of drug-likeness (QED) is 0.820. The molecule has 5 nitrogen and oxygen atoms in total. The van der Waals surface area contributed by atoms with Crippen molar-refractivity contribution < 1.29 is 0 Å². The molecule has 1 heterocycles. The van der Waals surface area contributed by atoms with Gasteiger partial charge in [0.15, 0.2) is 0 Å². The molecule has 1 aromatic rings. The molecule has 0 bridgehead atoms. The van der Waals surface area contributed by atoms with Gasteiger partial charge >= 0.3 is 0 Å². The molecule has 0 fully saturated rings. The zero-order chi connectivity index (χ0) is 12.1. The van der Waals surface area contributed by atoms with E-state index < -0.39 is 0 Å². The second-order valence-electron chi connectivity index (χ2n) is 3.57. The van der Waals surface area contributed by atoms with Gasteiger partial charge in [-0.05, 0) is 13.0 Å². The third-order valence-electron chi connectivity index (χ3n) is 2.39. The van der Waals surface area contributed by atoms with Gasteiger partial charge in [-0.25, -0.2) is 4.98 Å². The number of nitrogens with zero attached hydrogens (tertiary/aromatic N) is 4. The lowest BCUT2D eigenvalue weighted by molar-refractivity contribution is 0.693. The molecule has 1 aromatic heterocycles. The molecule has 2 N–H and O–H groups in total. The minimum absolute atomic E-state index is 0.00762. The number of pyridine rings is 1. The summed E-state index contributed by atoms with van der Waals surface area (Å²) < 4.78 is 0. The third-order valence-corrected chi connectivity index (χ3v) is 2.39. The molecule has 0 aliphatic carbocycles. The van der Waals surface area contributed by atoms with Crippen molar-refractivity contribution in [3.63, 3.8) is 0 Å². The Labute approximate surface area is 94.7 Å². The standard InChI is InChI=1S/C11H13N5/c1-8(3-4-12)16(2)11-9(6-13)5-10(14)7-15-11/h5,7-8H,3,14H2,1-2H3. The molecule has 0 aliphatic heterocycles. The second kappa shape index (κ2) is 4.99. The van der Waals surface area contributed by atoms with E-state index in [1.54, 1.807) is 18.0 Å². The summed E-state index contributed by atoms with van der Waals surface area (Å²) in [6.45, 7) is 1.91. The lowest BCUT2D eigenvalue weighted by Crippen LogP contribution is -2.29. The largest absolute Gasteiger partial charge is 0.397 e. The van der Waals surface area contributed by atoms with Crippen LogP contribution in [0.4, 0.5) is 11.5 Å². The lowest BCUT2D eigenvalue weighted by Gasteiger charge is -2.24. The van der Waals surface area contributed by atoms with Gasteiger partial charge in [-0.3, -0.25) is 0 Å². The molecule has 1 atom stereocenters. The van der Waals surface area contributed by atoms with Gasteiger partial charge in [0.05, 0.1) is 29.9 Å². The first-order valence-corrected chi connectivity index (χ1v) is 4.85. The van der Waals surface area contributed by atoms with Crippen LogP contribution in [0, 0.1) is 22.7 Å². The summed E-state index contributed by atoms with van der Waals surface area (Å²) in [7, 11) is 1.81. The predicted octanol–water partition coefficient (Wildman–Crippen LogP) is 1.27. The number of nitriles is 2. The highest BCUT2D eigenvalue weighted by Crippen LogP contribution is 2.20. The maximum Gasteiger partial charge on any atom is 0.146 e. The maximum absolute atomic E-state index is 8.97. The van der Waals surface area contributed by atoms with Crippen LogP contribution in [0.15, 0.2) is 12.3 Å². The number of rotatable bonds is 3. The second-order valence-corrected chi connectivity index (χ2v) is 3.57. The summed E-state index contributed by atoms with van der Waals surface area (Å²) in [6.07, 6.45) is 1.89. The fourth-order valence-corrected chi connectivity index (χ4v) is 1.31. The van der Waals surface area contributed by atoms with Crippen LogP contribution in [0.25, 0.3) is 0 Å². The minimum atomic E-state index is 0.00762. The molecule has 82 valence electrons. The van der Waals surface area contributed by atoms with Crippen molar-refractivity contribution in [1.82, 2.24) is 4.98 Å². The minimum Gasteiger partial charge on any atom is -0.397 e. The van der Waals surface area contributed by atoms with Gasteiger partial charge in [0.25, 0.3) is 0 Å². The molecule has 5 heteroatoms. The summed E-state index contributed by atoms with van der Waals surface area (Å²) in [5, 5.41) is 17.6. The monoisotopic (exact) mass is 215 g/mol. The summed E-state index contributed by atoms with van der Waals surface area (Å²) in [5.41, 5.74) is 6.44. The molecule has 0 saturated carbocycles. The highest BCUT2D eigenvalue weighted by Gasteiger charge is 2.14. The third kappa shape index (κ3) is 2.40. The van der Waals surface area contributed by atoms with Gasteiger partial charge < -0.3 is 10.6 Å². The topological polar surface area (TPSA) is 89.7 Å². The first kappa shape index (κ1) is 11.8. The van der Waals surface area contributed by atoms with Crippen LogP contribution in [-0.2, 0) is 0 Å². The van der Waals surface area contributed by atoms with Gasteiger partial charge in [0.1, 0.15) is 11.9 Å². The van der Waals surface area contributed by atoms with Gasteiger partial charge in [0, 0.05) is 13.1 Å². The van der Waals surface area contributed by atoms with Crippen molar-refractivity contribution in [1.29, 1.82) is 10.5 Å². The highest BCUT2D eigenvalue weighted by molar-refractivity contribution is 5.58. The number of aromatic nitrogens is 1. The number of hydrogen-bond donors (Lipinski definition) is 1. The first-order chi connectivity index (χ1) is 7.60. The Morgan fingerprint density at radius 3 is 2.81 bits per heavy atom. The van der Waals surface area contributed by atoms with Gasteiger partial charge in [0.2, 0.25) is 0 Å². The van der Waals surface area contributed by atoms with Crippen LogP contribution in [0.5, 0.6) is 0 Å². The lowest BCUT2D eigenvalue weighted by atomic mass is 10.2. The summed E-state index contributed by atoms with van der Waals surface area (Å²) in [5.74, 6) is 0.555. The van der Waals surface area contributed by atoms with Gasteiger partial charge in [-0.2, -0.15) is 10.5 Å². The van der Waals surface area contributed by atoms with E-state index in [-0.39, 0.29) is 6.04 Å². The molecule has 0 aliphatic rings. The van der Waals surface area contributed by atoms with Crippen molar-refractivity contribution in [2.45, 2.75) is 19.4 Å². The molecule has 1 unspecified atom stereocenters. The van der Waals surface area contributed by atoms with E-state index in [0.717, 1.165) is 0 Å². The molecule has 0 saturated heterocycles. The van der Waals surface area contributed by atoms with Crippen molar-refractivity contribution >= 4 is 11.5 Å². The van der Waals surface area contributed by atoms with Crippen LogP contribution in [-0.4, -0.2) is 18.1 Å². The van der Waals surface area contributed by atoms with Crippen LogP contribution in [0.2, 0.25) is 0 Å². The number of anilines is 2. The van der Waals surface area contributed by atoms with E-state index in [1.165, 1.54) is 6.20 Å². The zero-order valence-corrected chi connectivity index (χ0v) is 9.31. The van der Waals surface area contributed by atoms with Crippen LogP contribution < -0.4 is 10.6 Å². The van der Waals surface area contributed by atoms with Gasteiger partial charge in [-0.15, -0.1) is 0 Å². The molecule has 0 radical (unpaired) electrons. The Bertz CT molecular complexity index is 454. The number of nitrogens with two attached hydrogens (primary N) is 1. The van der Waals surface area contributed by atoms with Crippen LogP contribution >= 0.6 is 0 Å². The van der Waals surface area contributed by atoms with E-state index in [1.807, 2.05) is 13.0 Å². The fraction of sp³-hybridized carbons (Fsp3) is 0.364. The first-order valence-electron chi connectivity index (χ1n) is 4.85. The average Bonchev–Trinajstić information content (AvgIpc) is 2.28. The van der Waals surface area contributed by atoms with Crippen molar-refractivity contribution in [3.05, 3.63) is 17.8 Å². The summed E-state index contributed by atoms with van der Waals surface area (Å²) >= 11 is 0. The molecule has 0 aromatic carbocycles. The molecule has 1 rings (SSSR count). The summed E-state index contributed by atoms with van der Waals surface area (Å²) in [4.78, 5) is 5.93. The van der Waals surface area contributed by atoms with Crippen molar-refractivity contribution in [2.75, 3.05) is 17.7 Å². The van der Waals surface area contributed by atoms with Crippen LogP contribution in [0.3, 0.4) is 0 Å². The SMILES string of the molecule is CC(CC#N)N(C)c1ncc(N)cc1C#N. The average molecular weight is 215 g/mol. The number of hydrogen-bond acceptors (Lipinski definition) is 5. The Hall–Kier alpha value is -2.27. The zero-order valence-electron chi connectivity index (χ0n) is 9.31. The Morgan fingerprint density at radius 2 is 2.25 bits per heavy atom. The Balaban J connectivity index is 3.05. The molecular formula is C11H13N5. The molecule has 16 heavy (non-hydrogen) atoms. The van der Waals surface area contributed by atoms with Gasteiger partial charge in [-0.1, -0.05) is 0 Å². The molecule has 0 spiro atoms. The fourth-order valence-electron chi connectivity index (χ4n) is 1.31. The van der Waals surface area contributed by atoms with Crippen LogP contribution in [0.1, 0.15) is 18.9 Å². The summed E-state index contributed by atoms with van der Waals surface area (Å²) in [6, 6.07) is 5.73. The normalized spacial score (nSPS) is 11.2. The van der Waals surface area contributed by atoms with E-state index in [9.17, 15) is 0 Å². The van der Waals surface area contributed by atoms with Crippen molar-refractivity contribution in [2.24, 2.45) is 0 Å². The van der Waals surface area contributed by atoms with Crippen molar-refractivity contribution in [3.8, 4) is 12.1 Å². The maximum atomic E-state index is 8.97. The molecule has 0 amide bonds. The Morgan fingerprint density at radius 1 is 1.56 bits per heavy atom. The van der Waals surface area contributed by atoms with E-state index in [2.05, 4.69) is 11.1 Å². The Kier molecular flexibility index (Phi) is 3.68. The van der Waals surface area contributed by atoms with E-state index in [4.69, 9.17) is 16.3 Å². The highest BCUT2D eigenvalue weighted by atomic mass is 15.2. The smallest absolute Gasteiger partial charge is 0.146 e. The van der Waals surface area contributed by atoms with E-state index in [0.29, 0.717) is 23.5 Å². The van der Waals surface area contributed by atoms with E-state index >= 15 is 0 Å². The number of nitrogen functional groups attached to an aromatic ring is 1. The molecular weight excluding hydrogens is 202 g/mol.